The number of carbonyl (C=O) groups is 1. The summed E-state index contributed by atoms with van der Waals surface area (Å²) in [6, 6.07) is 10.1. The maximum atomic E-state index is 12.4. The van der Waals surface area contributed by atoms with Crippen molar-refractivity contribution in [2.24, 2.45) is 0 Å². The molecule has 0 saturated heterocycles. The molecule has 0 bridgehead atoms. The molecule has 0 fully saturated rings. The number of nitrogens with zero attached hydrogens (tertiary/aromatic N) is 2. The number of amides is 1. The van der Waals surface area contributed by atoms with Crippen LogP contribution in [-0.2, 0) is 6.42 Å². The summed E-state index contributed by atoms with van der Waals surface area (Å²) in [5, 5.41) is 6.75. The maximum Gasteiger partial charge on any atom is 0.276 e. The van der Waals surface area contributed by atoms with Crippen molar-refractivity contribution in [2.45, 2.75) is 20.3 Å². The number of carbonyl (C=O) groups excluding carboxylic acids is 1. The molecule has 1 aromatic heterocycles. The SMILES string of the molecule is CCN(CCc1ccccc1)C(=O)c1n[nH]c(C)c1N. The fourth-order valence-corrected chi connectivity index (χ4v) is 2.06. The number of aromatic amines is 1. The van der Waals surface area contributed by atoms with Crippen LogP contribution in [0.15, 0.2) is 30.3 Å². The number of nitrogens with one attached hydrogen (secondary N) is 1. The van der Waals surface area contributed by atoms with E-state index < -0.39 is 0 Å². The van der Waals surface area contributed by atoms with Gasteiger partial charge in [-0.15, -0.1) is 0 Å². The molecule has 0 radical (unpaired) electrons. The van der Waals surface area contributed by atoms with E-state index in [9.17, 15) is 4.79 Å². The van der Waals surface area contributed by atoms with E-state index in [0.29, 0.717) is 24.5 Å². The fourth-order valence-electron chi connectivity index (χ4n) is 2.06. The van der Waals surface area contributed by atoms with Crippen LogP contribution in [0.2, 0.25) is 0 Å². The van der Waals surface area contributed by atoms with Crippen molar-refractivity contribution in [1.29, 1.82) is 0 Å². The van der Waals surface area contributed by atoms with Crippen LogP contribution in [0.25, 0.3) is 0 Å². The number of rotatable bonds is 5. The minimum absolute atomic E-state index is 0.120. The Balaban J connectivity index is 2.05. The average molecular weight is 272 g/mol. The van der Waals surface area contributed by atoms with Gasteiger partial charge in [-0.3, -0.25) is 9.89 Å². The number of nitrogens with two attached hydrogens (primary N) is 1. The molecule has 1 heterocycles. The monoisotopic (exact) mass is 272 g/mol. The van der Waals surface area contributed by atoms with Crippen molar-refractivity contribution in [3.63, 3.8) is 0 Å². The van der Waals surface area contributed by atoms with E-state index in [1.54, 1.807) is 11.8 Å². The van der Waals surface area contributed by atoms with E-state index in [1.165, 1.54) is 5.56 Å². The Morgan fingerprint density at radius 3 is 2.60 bits per heavy atom. The number of likely N-dealkylation sites (N-methyl/N-ethyl adjacent to an activating group) is 1. The maximum absolute atomic E-state index is 12.4. The molecule has 1 amide bonds. The zero-order chi connectivity index (χ0) is 14.5. The van der Waals surface area contributed by atoms with Gasteiger partial charge >= 0.3 is 0 Å². The molecule has 5 heteroatoms. The molecule has 0 atom stereocenters. The zero-order valence-corrected chi connectivity index (χ0v) is 11.9. The van der Waals surface area contributed by atoms with Crippen molar-refractivity contribution in [3.05, 3.63) is 47.3 Å². The van der Waals surface area contributed by atoms with Crippen molar-refractivity contribution in [3.8, 4) is 0 Å². The Labute approximate surface area is 118 Å². The van der Waals surface area contributed by atoms with Gasteiger partial charge in [0.2, 0.25) is 0 Å². The fraction of sp³-hybridized carbons (Fsp3) is 0.333. The normalized spacial score (nSPS) is 10.5. The molecule has 3 N–H and O–H groups in total. The number of H-pyrrole nitrogens is 1. The lowest BCUT2D eigenvalue weighted by Crippen LogP contribution is -2.33. The van der Waals surface area contributed by atoms with Gasteiger partial charge in [0.1, 0.15) is 0 Å². The van der Waals surface area contributed by atoms with Crippen molar-refractivity contribution in [1.82, 2.24) is 15.1 Å². The summed E-state index contributed by atoms with van der Waals surface area (Å²) >= 11 is 0. The van der Waals surface area contributed by atoms with Crippen molar-refractivity contribution < 1.29 is 4.79 Å². The largest absolute Gasteiger partial charge is 0.395 e. The molecule has 2 rings (SSSR count). The number of aryl methyl sites for hydroxylation is 1. The number of hydrogen-bond acceptors (Lipinski definition) is 3. The highest BCUT2D eigenvalue weighted by Gasteiger charge is 2.20. The van der Waals surface area contributed by atoms with Gasteiger partial charge in [0.15, 0.2) is 5.69 Å². The minimum atomic E-state index is -0.120. The summed E-state index contributed by atoms with van der Waals surface area (Å²) in [6.45, 7) is 5.06. The summed E-state index contributed by atoms with van der Waals surface area (Å²) in [4.78, 5) is 14.2. The Morgan fingerprint density at radius 1 is 1.35 bits per heavy atom. The first-order valence-corrected chi connectivity index (χ1v) is 6.77. The van der Waals surface area contributed by atoms with E-state index in [1.807, 2.05) is 25.1 Å². The Kier molecular flexibility index (Phi) is 4.40. The van der Waals surface area contributed by atoms with Gasteiger partial charge in [-0.2, -0.15) is 5.10 Å². The molecular formula is C15H20N4O. The molecule has 0 saturated carbocycles. The predicted molar refractivity (Wildman–Crippen MR) is 79.5 cm³/mol. The quantitative estimate of drug-likeness (QED) is 0.874. The molecular weight excluding hydrogens is 252 g/mol. The second kappa shape index (κ2) is 6.23. The summed E-state index contributed by atoms with van der Waals surface area (Å²) in [6.07, 6.45) is 0.823. The van der Waals surface area contributed by atoms with Crippen LogP contribution >= 0.6 is 0 Å². The van der Waals surface area contributed by atoms with Gasteiger partial charge in [0.25, 0.3) is 5.91 Å². The standard InChI is InChI=1S/C15H20N4O/c1-3-19(10-9-12-7-5-4-6-8-12)15(20)14-13(16)11(2)17-18-14/h4-8H,3,9-10,16H2,1-2H3,(H,17,18). The van der Waals surface area contributed by atoms with E-state index in [0.717, 1.165) is 12.1 Å². The van der Waals surface area contributed by atoms with Crippen LogP contribution in [0.5, 0.6) is 0 Å². The average Bonchev–Trinajstić information content (AvgIpc) is 2.80. The zero-order valence-electron chi connectivity index (χ0n) is 11.9. The molecule has 2 aromatic rings. The molecule has 1 aromatic carbocycles. The highest BCUT2D eigenvalue weighted by atomic mass is 16.2. The first-order valence-electron chi connectivity index (χ1n) is 6.77. The van der Waals surface area contributed by atoms with Gasteiger partial charge in [0.05, 0.1) is 11.4 Å². The first-order chi connectivity index (χ1) is 9.63. The Morgan fingerprint density at radius 2 is 2.05 bits per heavy atom. The number of nitrogen functional groups attached to an aromatic ring is 1. The smallest absolute Gasteiger partial charge is 0.276 e. The summed E-state index contributed by atoms with van der Waals surface area (Å²) in [5.74, 6) is -0.120. The van der Waals surface area contributed by atoms with Crippen molar-refractivity contribution in [2.75, 3.05) is 18.8 Å². The molecule has 0 aliphatic rings. The third-order valence-corrected chi connectivity index (χ3v) is 3.38. The molecule has 0 aliphatic heterocycles. The number of aromatic nitrogens is 2. The van der Waals surface area contributed by atoms with Crippen LogP contribution in [0.3, 0.4) is 0 Å². The van der Waals surface area contributed by atoms with Crippen LogP contribution in [0, 0.1) is 6.92 Å². The first kappa shape index (κ1) is 14.1. The van der Waals surface area contributed by atoms with Gasteiger partial charge < -0.3 is 10.6 Å². The van der Waals surface area contributed by atoms with Crippen LogP contribution < -0.4 is 5.73 Å². The van der Waals surface area contributed by atoms with Gasteiger partial charge in [-0.1, -0.05) is 30.3 Å². The molecule has 0 unspecified atom stereocenters. The van der Waals surface area contributed by atoms with E-state index >= 15 is 0 Å². The number of hydrogen-bond donors (Lipinski definition) is 2. The van der Waals surface area contributed by atoms with Gasteiger partial charge in [-0.25, -0.2) is 0 Å². The summed E-state index contributed by atoms with van der Waals surface area (Å²) < 4.78 is 0. The molecule has 0 aliphatic carbocycles. The third-order valence-electron chi connectivity index (χ3n) is 3.38. The van der Waals surface area contributed by atoms with Crippen LogP contribution in [0.1, 0.15) is 28.7 Å². The predicted octanol–water partition coefficient (Wildman–Crippen LogP) is 2.01. The molecule has 106 valence electrons. The number of anilines is 1. The second-order valence-corrected chi connectivity index (χ2v) is 4.73. The summed E-state index contributed by atoms with van der Waals surface area (Å²) in [7, 11) is 0. The minimum Gasteiger partial charge on any atom is -0.395 e. The lowest BCUT2D eigenvalue weighted by Gasteiger charge is -2.20. The van der Waals surface area contributed by atoms with Gasteiger partial charge in [-0.05, 0) is 25.8 Å². The second-order valence-electron chi connectivity index (χ2n) is 4.73. The topological polar surface area (TPSA) is 75.0 Å². The van der Waals surface area contributed by atoms with E-state index in [2.05, 4.69) is 22.3 Å². The lowest BCUT2D eigenvalue weighted by atomic mass is 10.1. The third kappa shape index (κ3) is 2.99. The van der Waals surface area contributed by atoms with Crippen molar-refractivity contribution >= 4 is 11.6 Å². The number of benzene rings is 1. The molecule has 20 heavy (non-hydrogen) atoms. The van der Waals surface area contributed by atoms with Gasteiger partial charge in [0, 0.05) is 13.1 Å². The highest BCUT2D eigenvalue weighted by molar-refractivity contribution is 5.97. The Bertz CT molecular complexity index is 577. The summed E-state index contributed by atoms with van der Waals surface area (Å²) in [5.41, 5.74) is 8.56. The van der Waals surface area contributed by atoms with E-state index in [4.69, 9.17) is 5.73 Å². The Hall–Kier alpha value is -2.30. The molecule has 5 nitrogen and oxygen atoms in total. The van der Waals surface area contributed by atoms with Crippen LogP contribution in [-0.4, -0.2) is 34.1 Å². The lowest BCUT2D eigenvalue weighted by molar-refractivity contribution is 0.0761. The molecule has 0 spiro atoms. The van der Waals surface area contributed by atoms with E-state index in [-0.39, 0.29) is 5.91 Å². The van der Waals surface area contributed by atoms with Crippen LogP contribution in [0.4, 0.5) is 5.69 Å². The highest BCUT2D eigenvalue weighted by Crippen LogP contribution is 2.15.